The van der Waals surface area contributed by atoms with E-state index in [9.17, 15) is 66.4 Å². The SMILES string of the molecule is CC(C)=CCC[C@@](O)(CO[C@@H]1O[C@H](CO)[C@@H](O)[C@H](O)[C@H]1O)[C@H]1CC[C@]2(C)[C@@H]1CC[C@@H]1[C@@]3(CO)CC[C@H](O[C@@H]4OC[C@H](O)[C@H](O[C@@H]5OC[C@@H](O)[C@H](O)[C@H]5O)[C@H]4O[C@@H]4O[C@@H](C)[C@H](O)[C@@H](O)[C@H]4O)C(C)(C)C3CC[C@]12C. The highest BCUT2D eigenvalue weighted by atomic mass is 16.8. The van der Waals surface area contributed by atoms with E-state index >= 15 is 0 Å². The predicted molar refractivity (Wildman–Crippen MR) is 254 cm³/mol. The second-order valence-corrected chi connectivity index (χ2v) is 24.5. The highest BCUT2D eigenvalue weighted by Crippen LogP contribution is 2.76. The van der Waals surface area contributed by atoms with Crippen LogP contribution in [0.4, 0.5) is 0 Å². The minimum Gasteiger partial charge on any atom is -0.396 e. The summed E-state index contributed by atoms with van der Waals surface area (Å²) in [5, 5.41) is 142. The van der Waals surface area contributed by atoms with Gasteiger partial charge in [-0.3, -0.25) is 0 Å². The highest BCUT2D eigenvalue weighted by molar-refractivity contribution is 5.20. The molecule has 4 aliphatic carbocycles. The molecule has 0 bridgehead atoms. The Hall–Kier alpha value is -1.10. The lowest BCUT2D eigenvalue weighted by Gasteiger charge is -2.70. The van der Waals surface area contributed by atoms with Gasteiger partial charge in [0.1, 0.15) is 79.4 Å². The van der Waals surface area contributed by atoms with Crippen molar-refractivity contribution in [3.05, 3.63) is 11.6 Å². The largest absolute Gasteiger partial charge is 0.396 e. The van der Waals surface area contributed by atoms with E-state index in [4.69, 9.17) is 37.9 Å². The van der Waals surface area contributed by atoms with Crippen LogP contribution in [0.15, 0.2) is 11.6 Å². The first-order chi connectivity index (χ1) is 34.3. The molecule has 0 aromatic carbocycles. The fraction of sp³-hybridized carbons (Fsp3) is 0.962. The van der Waals surface area contributed by atoms with Gasteiger partial charge in [0.2, 0.25) is 0 Å². The van der Waals surface area contributed by atoms with Crippen LogP contribution in [0.1, 0.15) is 113 Å². The summed E-state index contributed by atoms with van der Waals surface area (Å²) in [5.74, 6) is -0.0884. The summed E-state index contributed by atoms with van der Waals surface area (Å²) in [6, 6.07) is 0. The maximum absolute atomic E-state index is 12.9. The molecule has 0 spiro atoms. The third-order valence-corrected chi connectivity index (χ3v) is 20.1. The molecule has 0 amide bonds. The van der Waals surface area contributed by atoms with Crippen molar-refractivity contribution in [2.75, 3.05) is 33.0 Å². The van der Waals surface area contributed by atoms with Gasteiger partial charge in [-0.05, 0) is 125 Å². The van der Waals surface area contributed by atoms with Gasteiger partial charge in [-0.1, -0.05) is 39.3 Å². The second kappa shape index (κ2) is 22.2. The molecule has 0 radical (unpaired) electrons. The molecule has 8 aliphatic rings. The Kier molecular flexibility index (Phi) is 17.7. The normalized spacial score (nSPS) is 51.8. The Labute approximate surface area is 428 Å². The summed E-state index contributed by atoms with van der Waals surface area (Å²) < 4.78 is 48.9. The van der Waals surface area contributed by atoms with Gasteiger partial charge in [0, 0.05) is 12.0 Å². The van der Waals surface area contributed by atoms with Crippen molar-refractivity contribution < 1.29 is 104 Å². The molecule has 1 unspecified atom stereocenters. The van der Waals surface area contributed by atoms with E-state index in [-0.39, 0.29) is 60.9 Å². The van der Waals surface area contributed by atoms with E-state index in [0.29, 0.717) is 32.1 Å². The van der Waals surface area contributed by atoms with Crippen LogP contribution in [0, 0.1) is 45.3 Å². The van der Waals surface area contributed by atoms with E-state index in [0.717, 1.165) is 37.7 Å². The van der Waals surface area contributed by atoms with Gasteiger partial charge in [-0.2, -0.15) is 0 Å². The van der Waals surface area contributed by atoms with Crippen molar-refractivity contribution in [2.45, 2.75) is 235 Å². The molecule has 8 fully saturated rings. The van der Waals surface area contributed by atoms with Crippen molar-refractivity contribution in [1.29, 1.82) is 0 Å². The first-order valence-corrected chi connectivity index (χ1v) is 26.8. The van der Waals surface area contributed by atoms with Gasteiger partial charge >= 0.3 is 0 Å². The summed E-state index contributed by atoms with van der Waals surface area (Å²) in [4.78, 5) is 0. The quantitative estimate of drug-likeness (QED) is 0.0697. The molecule has 73 heavy (non-hydrogen) atoms. The van der Waals surface area contributed by atoms with Gasteiger partial charge < -0.3 is 104 Å². The predicted octanol–water partition coefficient (Wildman–Crippen LogP) is -0.923. The number of aliphatic hydroxyl groups excluding tert-OH is 12. The van der Waals surface area contributed by atoms with Crippen LogP contribution in [-0.2, 0) is 37.9 Å². The van der Waals surface area contributed by atoms with E-state index in [1.807, 2.05) is 13.8 Å². The van der Waals surface area contributed by atoms with Gasteiger partial charge in [0.25, 0.3) is 0 Å². The first-order valence-electron chi connectivity index (χ1n) is 26.8. The zero-order valence-electron chi connectivity index (χ0n) is 43.5. The summed E-state index contributed by atoms with van der Waals surface area (Å²) in [6.45, 7) is 12.9. The molecule has 13 N–H and O–H groups in total. The van der Waals surface area contributed by atoms with E-state index in [2.05, 4.69) is 33.8 Å². The summed E-state index contributed by atoms with van der Waals surface area (Å²) in [7, 11) is 0. The van der Waals surface area contributed by atoms with E-state index in [1.165, 1.54) is 6.92 Å². The van der Waals surface area contributed by atoms with Gasteiger partial charge in [-0.25, -0.2) is 0 Å². The zero-order valence-corrected chi connectivity index (χ0v) is 43.5. The van der Waals surface area contributed by atoms with Gasteiger partial charge in [0.15, 0.2) is 25.2 Å². The van der Waals surface area contributed by atoms with Crippen molar-refractivity contribution in [3.8, 4) is 0 Å². The molecule has 27 atom stereocenters. The number of aliphatic hydroxyl groups is 13. The number of rotatable bonds is 15. The van der Waals surface area contributed by atoms with Crippen LogP contribution in [0.25, 0.3) is 0 Å². The number of hydrogen-bond donors (Lipinski definition) is 13. The lowest BCUT2D eigenvalue weighted by molar-refractivity contribution is -0.384. The van der Waals surface area contributed by atoms with E-state index in [1.54, 1.807) is 0 Å². The number of allylic oxidation sites excluding steroid dienone is 2. The minimum absolute atomic E-state index is 0.0487. The molecule has 4 saturated carbocycles. The molecular formula is C52H88O21. The van der Waals surface area contributed by atoms with Crippen molar-refractivity contribution in [3.63, 3.8) is 0 Å². The molecule has 422 valence electrons. The monoisotopic (exact) mass is 1050 g/mol. The molecule has 4 saturated heterocycles. The fourth-order valence-corrected chi connectivity index (χ4v) is 15.7. The van der Waals surface area contributed by atoms with Crippen LogP contribution in [0.5, 0.6) is 0 Å². The molecular weight excluding hydrogens is 961 g/mol. The molecule has 8 rings (SSSR count). The first kappa shape index (κ1) is 58.1. The number of ether oxygens (including phenoxy) is 8. The zero-order chi connectivity index (χ0) is 53.3. The van der Waals surface area contributed by atoms with Gasteiger partial charge in [0.05, 0.1) is 44.2 Å². The summed E-state index contributed by atoms with van der Waals surface area (Å²) >= 11 is 0. The number of hydrogen-bond acceptors (Lipinski definition) is 21. The Morgan fingerprint density at radius 2 is 1.25 bits per heavy atom. The van der Waals surface area contributed by atoms with Crippen LogP contribution in [-0.4, -0.2) is 222 Å². The number of fused-ring (bicyclic) bond motifs is 5. The molecule has 4 aliphatic heterocycles. The topological polar surface area (TPSA) is 337 Å². The molecule has 4 heterocycles. The van der Waals surface area contributed by atoms with Crippen molar-refractivity contribution in [1.82, 2.24) is 0 Å². The molecule has 21 heteroatoms. The molecule has 0 aromatic heterocycles. The molecule has 21 nitrogen and oxygen atoms in total. The fourth-order valence-electron chi connectivity index (χ4n) is 15.7. The van der Waals surface area contributed by atoms with Crippen LogP contribution < -0.4 is 0 Å². The maximum Gasteiger partial charge on any atom is 0.187 e. The van der Waals surface area contributed by atoms with Crippen molar-refractivity contribution in [2.24, 2.45) is 45.3 Å². The maximum atomic E-state index is 12.9. The smallest absolute Gasteiger partial charge is 0.187 e. The standard InChI is InChI=1S/C52H88O21/c1-24(2)9-8-15-52(65,23-68-45-40(63)38(61)36(59)30(19-53)70-45)27-12-16-49(6)26(27)10-11-32-50(49,7)17-13-31-48(4,5)33(14-18-51(31,32)22-54)71-47-43(73-46-41(64)37(60)34(57)25(3)69-46)42(29(56)21-67-47)72-44-39(62)35(58)28(55)20-66-44/h9,25-47,53-65H,8,10-23H2,1-7H3/t25-,26+,27-,28+,29-,30+,31?,32-,33-,34-,35-,36+,37+,38-,39+,40+,41+,42-,43+,44-,45+,46-,47-,49+,50+,51+,52+/m0/s1. The third-order valence-electron chi connectivity index (χ3n) is 20.1. The van der Waals surface area contributed by atoms with Crippen LogP contribution >= 0.6 is 0 Å². The summed E-state index contributed by atoms with van der Waals surface area (Å²) in [5.41, 5.74) is -1.91. The van der Waals surface area contributed by atoms with E-state index < -0.39 is 140 Å². The Bertz CT molecular complexity index is 1870. The highest BCUT2D eigenvalue weighted by Gasteiger charge is 2.71. The lowest BCUT2D eigenvalue weighted by atomic mass is 9.35. The van der Waals surface area contributed by atoms with Crippen LogP contribution in [0.2, 0.25) is 0 Å². The molecule has 0 aromatic rings. The summed E-state index contributed by atoms with van der Waals surface area (Å²) in [6.07, 6.45) is -18.2. The second-order valence-electron chi connectivity index (χ2n) is 24.5. The average molecular weight is 1050 g/mol. The lowest BCUT2D eigenvalue weighted by Crippen LogP contribution is -2.67. The third kappa shape index (κ3) is 10.3. The van der Waals surface area contributed by atoms with Crippen molar-refractivity contribution >= 4 is 0 Å². The average Bonchev–Trinajstić information content (AvgIpc) is 3.72. The Morgan fingerprint density at radius 3 is 1.93 bits per heavy atom. The van der Waals surface area contributed by atoms with Gasteiger partial charge in [-0.15, -0.1) is 0 Å². The minimum atomic E-state index is -1.75. The Morgan fingerprint density at radius 1 is 0.616 bits per heavy atom. The van der Waals surface area contributed by atoms with Crippen LogP contribution in [0.3, 0.4) is 0 Å². The Balaban J connectivity index is 1.02.